The average Bonchev–Trinajstić information content (AvgIpc) is 3.87. The van der Waals surface area contributed by atoms with E-state index in [4.69, 9.17) is 14.5 Å². The van der Waals surface area contributed by atoms with Gasteiger partial charge in [-0.3, -0.25) is 14.5 Å². The van der Waals surface area contributed by atoms with Crippen LogP contribution in [0.3, 0.4) is 0 Å². The lowest BCUT2D eigenvalue weighted by Crippen LogP contribution is -2.35. The van der Waals surface area contributed by atoms with Gasteiger partial charge in [0.15, 0.2) is 5.82 Å². The summed E-state index contributed by atoms with van der Waals surface area (Å²) in [6.07, 6.45) is 7.93. The monoisotopic (exact) mass is 653 g/mol. The fourth-order valence-corrected chi connectivity index (χ4v) is 5.98. The zero-order valence-corrected chi connectivity index (χ0v) is 26.5. The van der Waals surface area contributed by atoms with E-state index in [-0.39, 0.29) is 51.7 Å². The molecule has 1 aliphatic heterocycles. The molecule has 0 bridgehead atoms. The maximum atomic E-state index is 16.8. The van der Waals surface area contributed by atoms with Crippen LogP contribution in [0.4, 0.5) is 14.7 Å². The van der Waals surface area contributed by atoms with Crippen molar-refractivity contribution in [2.24, 2.45) is 5.92 Å². The van der Waals surface area contributed by atoms with Gasteiger partial charge in [0.05, 0.1) is 12.2 Å². The van der Waals surface area contributed by atoms with Crippen LogP contribution in [0.1, 0.15) is 52.1 Å². The highest BCUT2D eigenvalue weighted by molar-refractivity contribution is 6.09. The lowest BCUT2D eigenvalue weighted by atomic mass is 9.99. The molecular weight excluding hydrogens is 620 g/mol. The average molecular weight is 654 g/mol. The molecular formula is C35H33F2N7O4. The number of nitrogens with one attached hydrogen (secondary N) is 1. The van der Waals surface area contributed by atoms with E-state index in [1.165, 1.54) is 48.1 Å². The number of aryl methyl sites for hydroxylation is 1. The number of amides is 2. The number of ether oxygens (including phenoxy) is 2. The first-order chi connectivity index (χ1) is 23.3. The molecule has 2 fully saturated rings. The normalized spacial score (nSPS) is 15.0. The summed E-state index contributed by atoms with van der Waals surface area (Å²) in [4.78, 5) is 42.5. The van der Waals surface area contributed by atoms with Crippen molar-refractivity contribution in [1.29, 1.82) is 0 Å². The molecule has 0 radical (unpaired) electrons. The quantitative estimate of drug-likeness (QED) is 0.224. The summed E-state index contributed by atoms with van der Waals surface area (Å²) in [6.45, 7) is 3.35. The Labute approximate surface area is 274 Å². The zero-order chi connectivity index (χ0) is 33.4. The Bertz CT molecular complexity index is 1990. The molecule has 4 aromatic heterocycles. The Balaban J connectivity index is 1.36. The SMILES string of the molecule is CNC(=O)c1c(-c2ccc(F)cc2)nn2ccc(-c3cc(C(=O)N(c4ncccn4)C4CC4)c(OCC4CCOCC4)nc3C)c(F)c12. The van der Waals surface area contributed by atoms with E-state index in [2.05, 4.69) is 20.4 Å². The van der Waals surface area contributed by atoms with Crippen LogP contribution in [0.25, 0.3) is 27.9 Å². The molecule has 5 aromatic rings. The third kappa shape index (κ3) is 5.97. The number of pyridine rings is 2. The lowest BCUT2D eigenvalue weighted by molar-refractivity contribution is 0.0487. The van der Waals surface area contributed by atoms with Crippen LogP contribution in [0, 0.1) is 24.5 Å². The van der Waals surface area contributed by atoms with Crippen LogP contribution in [-0.4, -0.2) is 69.3 Å². The molecule has 246 valence electrons. The summed E-state index contributed by atoms with van der Waals surface area (Å²) in [5.41, 5.74) is 1.57. The molecule has 7 rings (SSSR count). The summed E-state index contributed by atoms with van der Waals surface area (Å²) < 4.78 is 43.5. The number of anilines is 1. The molecule has 1 aliphatic carbocycles. The molecule has 1 saturated heterocycles. The summed E-state index contributed by atoms with van der Waals surface area (Å²) in [6, 6.07) is 10.2. The molecule has 48 heavy (non-hydrogen) atoms. The predicted octanol–water partition coefficient (Wildman–Crippen LogP) is 5.41. The van der Waals surface area contributed by atoms with Gasteiger partial charge in [0.25, 0.3) is 11.8 Å². The van der Waals surface area contributed by atoms with Gasteiger partial charge in [-0.05, 0) is 81.0 Å². The summed E-state index contributed by atoms with van der Waals surface area (Å²) in [5, 5.41) is 7.05. The van der Waals surface area contributed by atoms with Crippen LogP contribution in [-0.2, 0) is 4.74 Å². The van der Waals surface area contributed by atoms with E-state index in [0.717, 1.165) is 25.7 Å². The Morgan fingerprint density at radius 2 is 1.77 bits per heavy atom. The third-order valence-electron chi connectivity index (χ3n) is 8.70. The number of rotatable bonds is 9. The topological polar surface area (TPSA) is 124 Å². The van der Waals surface area contributed by atoms with E-state index in [0.29, 0.717) is 36.6 Å². The molecule has 0 atom stereocenters. The maximum Gasteiger partial charge on any atom is 0.266 e. The fraction of sp³-hybridized carbons (Fsp3) is 0.314. The molecule has 0 spiro atoms. The number of halogens is 2. The molecule has 11 nitrogen and oxygen atoms in total. The Kier molecular flexibility index (Phi) is 8.52. The number of fused-ring (bicyclic) bond motifs is 1. The van der Waals surface area contributed by atoms with Crippen molar-refractivity contribution >= 4 is 23.3 Å². The van der Waals surface area contributed by atoms with E-state index in [1.807, 2.05) is 0 Å². The minimum absolute atomic E-state index is 0.0112. The number of nitrogens with zero attached hydrogens (tertiary/aromatic N) is 6. The number of hydrogen-bond donors (Lipinski definition) is 1. The summed E-state index contributed by atoms with van der Waals surface area (Å²) in [5.74, 6) is -1.52. The van der Waals surface area contributed by atoms with Crippen molar-refractivity contribution in [1.82, 2.24) is 29.9 Å². The highest BCUT2D eigenvalue weighted by Gasteiger charge is 2.38. The molecule has 2 aliphatic rings. The summed E-state index contributed by atoms with van der Waals surface area (Å²) in [7, 11) is 1.44. The van der Waals surface area contributed by atoms with Gasteiger partial charge in [-0.2, -0.15) is 5.10 Å². The fourth-order valence-electron chi connectivity index (χ4n) is 5.98. The molecule has 5 heterocycles. The van der Waals surface area contributed by atoms with Crippen molar-refractivity contribution in [3.63, 3.8) is 0 Å². The van der Waals surface area contributed by atoms with Crippen molar-refractivity contribution in [2.75, 3.05) is 31.8 Å². The highest BCUT2D eigenvalue weighted by atomic mass is 19.1. The van der Waals surface area contributed by atoms with Gasteiger partial charge in [-0.1, -0.05) is 0 Å². The van der Waals surface area contributed by atoms with Crippen molar-refractivity contribution < 1.29 is 27.8 Å². The maximum absolute atomic E-state index is 16.8. The van der Waals surface area contributed by atoms with Gasteiger partial charge in [0.1, 0.15) is 22.6 Å². The van der Waals surface area contributed by atoms with E-state index in [1.54, 1.807) is 36.4 Å². The van der Waals surface area contributed by atoms with E-state index < -0.39 is 23.4 Å². The van der Waals surface area contributed by atoms with Crippen molar-refractivity contribution in [2.45, 2.75) is 38.6 Å². The van der Waals surface area contributed by atoms with Gasteiger partial charge in [-0.15, -0.1) is 0 Å². The smallest absolute Gasteiger partial charge is 0.266 e. The number of benzene rings is 1. The zero-order valence-electron chi connectivity index (χ0n) is 26.5. The third-order valence-corrected chi connectivity index (χ3v) is 8.70. The van der Waals surface area contributed by atoms with Crippen LogP contribution in [0.15, 0.2) is 61.1 Å². The second-order valence-corrected chi connectivity index (χ2v) is 11.9. The minimum atomic E-state index is -0.735. The van der Waals surface area contributed by atoms with Gasteiger partial charge < -0.3 is 14.8 Å². The largest absolute Gasteiger partial charge is 0.477 e. The predicted molar refractivity (Wildman–Crippen MR) is 173 cm³/mol. The molecule has 1 N–H and O–H groups in total. The van der Waals surface area contributed by atoms with Crippen LogP contribution >= 0.6 is 0 Å². The van der Waals surface area contributed by atoms with Crippen LogP contribution in [0.2, 0.25) is 0 Å². The second-order valence-electron chi connectivity index (χ2n) is 11.9. The Morgan fingerprint density at radius 3 is 2.46 bits per heavy atom. The number of hydrogen-bond acceptors (Lipinski definition) is 8. The van der Waals surface area contributed by atoms with Crippen LogP contribution < -0.4 is 15.0 Å². The molecule has 13 heteroatoms. The van der Waals surface area contributed by atoms with Crippen molar-refractivity contribution in [3.8, 4) is 28.3 Å². The highest BCUT2D eigenvalue weighted by Crippen LogP contribution is 2.37. The Hall–Kier alpha value is -5.30. The van der Waals surface area contributed by atoms with Gasteiger partial charge in [0.2, 0.25) is 11.8 Å². The van der Waals surface area contributed by atoms with Gasteiger partial charge in [-0.25, -0.2) is 28.2 Å². The molecule has 2 amide bonds. The number of carbonyl (C=O) groups excluding carboxylic acids is 2. The summed E-state index contributed by atoms with van der Waals surface area (Å²) >= 11 is 0. The standard InChI is InChI=1S/C35H33F2N7O4/c1-20-26(25-10-15-43-31(29(25)37)28(32(45)38-2)30(42-43)22-4-6-23(36)7-5-22)18-27(33(41-20)48-19-21-11-16-47-17-12-21)34(46)44(24-8-9-24)35-39-13-3-14-40-35/h3-7,10,13-15,18,21,24H,8-9,11-12,16-17,19H2,1-2H3,(H,38,45). The van der Waals surface area contributed by atoms with Gasteiger partial charge >= 0.3 is 0 Å². The number of aromatic nitrogens is 5. The lowest BCUT2D eigenvalue weighted by Gasteiger charge is -2.24. The first-order valence-corrected chi connectivity index (χ1v) is 15.9. The molecule has 1 saturated carbocycles. The first-order valence-electron chi connectivity index (χ1n) is 15.9. The Morgan fingerprint density at radius 1 is 1.04 bits per heavy atom. The number of carbonyl (C=O) groups is 2. The van der Waals surface area contributed by atoms with Gasteiger partial charge in [0, 0.05) is 67.3 Å². The van der Waals surface area contributed by atoms with Crippen molar-refractivity contribution in [3.05, 3.63) is 89.5 Å². The second kappa shape index (κ2) is 13.1. The van der Waals surface area contributed by atoms with E-state index in [9.17, 15) is 14.0 Å². The minimum Gasteiger partial charge on any atom is -0.477 e. The van der Waals surface area contributed by atoms with Crippen LogP contribution in [0.5, 0.6) is 5.88 Å². The first kappa shape index (κ1) is 31.3. The molecule has 1 aromatic carbocycles. The molecule has 0 unspecified atom stereocenters. The van der Waals surface area contributed by atoms with E-state index >= 15 is 4.39 Å².